The maximum absolute atomic E-state index is 15.4. The van der Waals surface area contributed by atoms with E-state index < -0.39 is 17.8 Å². The van der Waals surface area contributed by atoms with Gasteiger partial charge in [0.2, 0.25) is 0 Å². The van der Waals surface area contributed by atoms with Crippen molar-refractivity contribution < 1.29 is 27.1 Å². The quantitative estimate of drug-likeness (QED) is 0.534. The zero-order chi connectivity index (χ0) is 23.5. The van der Waals surface area contributed by atoms with Crippen molar-refractivity contribution >= 4 is 5.91 Å². The summed E-state index contributed by atoms with van der Waals surface area (Å²) in [5, 5.41) is 0. The Balaban J connectivity index is 1.40. The van der Waals surface area contributed by atoms with Crippen LogP contribution >= 0.6 is 0 Å². The van der Waals surface area contributed by atoms with Crippen LogP contribution in [-0.4, -0.2) is 55.9 Å². The Labute approximate surface area is 186 Å². The standard InChI is InChI=1S/C22H19F4N5O2/c23-21(12-15-3-4-16(13-29-15)33-22(24,25)26)6-10-31(11-7-21)20(32)17-2-1-8-28-19(17)18-5-9-27-14-30-18/h1-5,8-9,13-14H,6-7,10-12H2. The van der Waals surface area contributed by atoms with E-state index in [1.807, 2.05) is 0 Å². The first kappa shape index (κ1) is 22.6. The van der Waals surface area contributed by atoms with Crippen molar-refractivity contribution in [2.24, 2.45) is 0 Å². The van der Waals surface area contributed by atoms with Gasteiger partial charge in [-0.3, -0.25) is 14.8 Å². The Hall–Kier alpha value is -3.63. The van der Waals surface area contributed by atoms with Crippen molar-refractivity contribution in [3.05, 3.63) is 66.5 Å². The van der Waals surface area contributed by atoms with E-state index in [0.29, 0.717) is 22.6 Å². The first-order valence-corrected chi connectivity index (χ1v) is 10.1. The van der Waals surface area contributed by atoms with Gasteiger partial charge in [-0.05, 0) is 43.2 Å². The smallest absolute Gasteiger partial charge is 0.404 e. The number of hydrogen-bond acceptors (Lipinski definition) is 6. The molecule has 0 aliphatic carbocycles. The third kappa shape index (κ3) is 5.60. The van der Waals surface area contributed by atoms with Crippen LogP contribution in [0.5, 0.6) is 5.75 Å². The molecule has 3 aromatic rings. The summed E-state index contributed by atoms with van der Waals surface area (Å²) in [5.41, 5.74) is -0.0163. The first-order chi connectivity index (χ1) is 15.7. The molecule has 0 aromatic carbocycles. The molecule has 0 radical (unpaired) electrons. The summed E-state index contributed by atoms with van der Waals surface area (Å²) < 4.78 is 56.0. The van der Waals surface area contributed by atoms with E-state index >= 15 is 4.39 Å². The van der Waals surface area contributed by atoms with Gasteiger partial charge in [-0.15, -0.1) is 13.2 Å². The third-order valence-corrected chi connectivity index (χ3v) is 5.34. The van der Waals surface area contributed by atoms with Crippen LogP contribution in [-0.2, 0) is 6.42 Å². The number of alkyl halides is 4. The number of pyridine rings is 2. The van der Waals surface area contributed by atoms with Gasteiger partial charge < -0.3 is 9.64 Å². The van der Waals surface area contributed by atoms with Gasteiger partial charge in [-0.25, -0.2) is 14.4 Å². The average Bonchev–Trinajstić information content (AvgIpc) is 2.80. The molecule has 11 heteroatoms. The molecule has 7 nitrogen and oxygen atoms in total. The molecular weight excluding hydrogens is 442 g/mol. The molecule has 1 aliphatic rings. The predicted molar refractivity (Wildman–Crippen MR) is 109 cm³/mol. The van der Waals surface area contributed by atoms with Gasteiger partial charge in [0.15, 0.2) is 0 Å². The minimum absolute atomic E-state index is 0.0690. The lowest BCUT2D eigenvalue weighted by atomic mass is 9.88. The number of nitrogens with zero attached hydrogens (tertiary/aromatic N) is 5. The number of carbonyl (C=O) groups excluding carboxylic acids is 1. The van der Waals surface area contributed by atoms with E-state index in [2.05, 4.69) is 24.7 Å². The summed E-state index contributed by atoms with van der Waals surface area (Å²) in [6, 6.07) is 7.37. The van der Waals surface area contributed by atoms with E-state index in [1.54, 1.807) is 35.5 Å². The number of rotatable bonds is 5. The number of amides is 1. The Morgan fingerprint density at radius 2 is 1.85 bits per heavy atom. The summed E-state index contributed by atoms with van der Waals surface area (Å²) in [4.78, 5) is 30.9. The van der Waals surface area contributed by atoms with Gasteiger partial charge in [0.25, 0.3) is 5.91 Å². The zero-order valence-electron chi connectivity index (χ0n) is 17.3. The Kier molecular flexibility index (Phi) is 6.21. The highest BCUT2D eigenvalue weighted by atomic mass is 19.4. The van der Waals surface area contributed by atoms with Crippen LogP contribution in [0, 0.1) is 0 Å². The van der Waals surface area contributed by atoms with Crippen molar-refractivity contribution in [1.29, 1.82) is 0 Å². The summed E-state index contributed by atoms with van der Waals surface area (Å²) in [7, 11) is 0. The molecule has 0 bridgehead atoms. The van der Waals surface area contributed by atoms with E-state index in [9.17, 15) is 18.0 Å². The van der Waals surface area contributed by atoms with Crippen molar-refractivity contribution in [1.82, 2.24) is 24.8 Å². The van der Waals surface area contributed by atoms with Crippen LogP contribution in [0.15, 0.2) is 55.2 Å². The number of halogens is 4. The van der Waals surface area contributed by atoms with Crippen LogP contribution in [0.3, 0.4) is 0 Å². The van der Waals surface area contributed by atoms with Crippen LogP contribution in [0.1, 0.15) is 28.9 Å². The van der Waals surface area contributed by atoms with Crippen molar-refractivity contribution in [2.45, 2.75) is 31.3 Å². The number of carbonyl (C=O) groups is 1. The topological polar surface area (TPSA) is 81.1 Å². The second-order valence-corrected chi connectivity index (χ2v) is 7.65. The Morgan fingerprint density at radius 1 is 1.06 bits per heavy atom. The highest BCUT2D eigenvalue weighted by Gasteiger charge is 2.37. The minimum Gasteiger partial charge on any atom is -0.404 e. The summed E-state index contributed by atoms with van der Waals surface area (Å²) in [6.45, 7) is 0.366. The highest BCUT2D eigenvalue weighted by molar-refractivity contribution is 5.99. The molecule has 0 saturated carbocycles. The molecule has 1 aliphatic heterocycles. The molecule has 4 heterocycles. The molecule has 0 atom stereocenters. The van der Waals surface area contributed by atoms with E-state index in [0.717, 1.165) is 12.3 Å². The second-order valence-electron chi connectivity index (χ2n) is 7.65. The van der Waals surface area contributed by atoms with E-state index in [4.69, 9.17) is 0 Å². The molecule has 0 N–H and O–H groups in total. The molecule has 1 fully saturated rings. The Morgan fingerprint density at radius 3 is 2.48 bits per heavy atom. The molecule has 0 spiro atoms. The van der Waals surface area contributed by atoms with Gasteiger partial charge in [-0.1, -0.05) is 0 Å². The predicted octanol–water partition coefficient (Wildman–Crippen LogP) is 4.02. The number of ether oxygens (including phenoxy) is 1. The SMILES string of the molecule is O=C(c1cccnc1-c1ccncn1)N1CCC(F)(Cc2ccc(OC(F)(F)F)cn2)CC1. The van der Waals surface area contributed by atoms with Gasteiger partial charge in [0.05, 0.1) is 17.5 Å². The first-order valence-electron chi connectivity index (χ1n) is 10.1. The summed E-state index contributed by atoms with van der Waals surface area (Å²) in [6.07, 6.45) is 0.670. The molecule has 172 valence electrons. The van der Waals surface area contributed by atoms with Gasteiger partial charge in [-0.2, -0.15) is 0 Å². The number of likely N-dealkylation sites (tertiary alicyclic amines) is 1. The zero-order valence-corrected chi connectivity index (χ0v) is 17.3. The number of piperidine rings is 1. The maximum atomic E-state index is 15.4. The van der Waals surface area contributed by atoms with Crippen molar-refractivity contribution in [2.75, 3.05) is 13.1 Å². The van der Waals surface area contributed by atoms with E-state index in [1.165, 1.54) is 12.4 Å². The number of hydrogen-bond donors (Lipinski definition) is 0. The van der Waals surface area contributed by atoms with Crippen molar-refractivity contribution in [3.8, 4) is 17.1 Å². The molecule has 33 heavy (non-hydrogen) atoms. The van der Waals surface area contributed by atoms with E-state index in [-0.39, 0.29) is 38.3 Å². The summed E-state index contributed by atoms with van der Waals surface area (Å²) in [5.74, 6) is -0.735. The highest BCUT2D eigenvalue weighted by Crippen LogP contribution is 2.32. The van der Waals surface area contributed by atoms with Crippen LogP contribution in [0.2, 0.25) is 0 Å². The molecule has 4 rings (SSSR count). The lowest BCUT2D eigenvalue weighted by Gasteiger charge is -2.36. The fourth-order valence-electron chi connectivity index (χ4n) is 3.70. The van der Waals surface area contributed by atoms with Gasteiger partial charge in [0.1, 0.15) is 23.4 Å². The third-order valence-electron chi connectivity index (χ3n) is 5.34. The van der Waals surface area contributed by atoms with Gasteiger partial charge in [0, 0.05) is 37.6 Å². The molecule has 1 amide bonds. The fourth-order valence-corrected chi connectivity index (χ4v) is 3.70. The Bertz CT molecular complexity index is 1100. The van der Waals surface area contributed by atoms with Crippen LogP contribution < -0.4 is 4.74 Å². The summed E-state index contributed by atoms with van der Waals surface area (Å²) >= 11 is 0. The normalized spacial score (nSPS) is 15.8. The molecule has 3 aromatic heterocycles. The molecule has 0 unspecified atom stereocenters. The van der Waals surface area contributed by atoms with Crippen LogP contribution in [0.4, 0.5) is 17.6 Å². The second kappa shape index (κ2) is 9.08. The van der Waals surface area contributed by atoms with Gasteiger partial charge >= 0.3 is 6.36 Å². The lowest BCUT2D eigenvalue weighted by Crippen LogP contribution is -2.45. The fraction of sp³-hybridized carbons (Fsp3) is 0.318. The number of aromatic nitrogens is 4. The average molecular weight is 461 g/mol. The molecular formula is C22H19F4N5O2. The monoisotopic (exact) mass is 461 g/mol. The molecule has 1 saturated heterocycles. The van der Waals surface area contributed by atoms with Crippen LogP contribution in [0.25, 0.3) is 11.4 Å². The lowest BCUT2D eigenvalue weighted by molar-refractivity contribution is -0.274. The minimum atomic E-state index is -4.81. The maximum Gasteiger partial charge on any atom is 0.573 e. The largest absolute Gasteiger partial charge is 0.573 e. The van der Waals surface area contributed by atoms with Crippen molar-refractivity contribution in [3.63, 3.8) is 0 Å².